The molecular formula is C12H17N3O. The van der Waals surface area contributed by atoms with Gasteiger partial charge >= 0.3 is 0 Å². The molecule has 0 aliphatic heterocycles. The molecular weight excluding hydrogens is 202 g/mol. The van der Waals surface area contributed by atoms with E-state index in [0.717, 1.165) is 11.3 Å². The first kappa shape index (κ1) is 12.5. The predicted octanol–water partition coefficient (Wildman–Crippen LogP) is 1.75. The molecule has 0 saturated heterocycles. The molecule has 1 atom stereocenters. The number of nitrogens with one attached hydrogen (secondary N) is 1. The van der Waals surface area contributed by atoms with Crippen molar-refractivity contribution < 1.29 is 5.11 Å². The highest BCUT2D eigenvalue weighted by molar-refractivity contribution is 5.56. The fourth-order valence-corrected chi connectivity index (χ4v) is 1.58. The minimum Gasteiger partial charge on any atom is -0.396 e. The van der Waals surface area contributed by atoms with Gasteiger partial charge in [0.25, 0.3) is 0 Å². The molecule has 1 heterocycles. The van der Waals surface area contributed by atoms with E-state index in [-0.39, 0.29) is 12.6 Å². The summed E-state index contributed by atoms with van der Waals surface area (Å²) >= 11 is 0. The summed E-state index contributed by atoms with van der Waals surface area (Å²) in [7, 11) is 0. The van der Waals surface area contributed by atoms with Gasteiger partial charge in [0.2, 0.25) is 0 Å². The zero-order valence-electron chi connectivity index (χ0n) is 9.91. The fraction of sp³-hybridized carbons (Fsp3) is 0.500. The molecule has 4 nitrogen and oxygen atoms in total. The van der Waals surface area contributed by atoms with E-state index in [4.69, 9.17) is 10.4 Å². The quantitative estimate of drug-likeness (QED) is 0.809. The lowest BCUT2D eigenvalue weighted by Crippen LogP contribution is -2.18. The molecule has 0 aromatic carbocycles. The van der Waals surface area contributed by atoms with E-state index in [1.165, 1.54) is 0 Å². The zero-order chi connectivity index (χ0) is 12.1. The predicted molar refractivity (Wildman–Crippen MR) is 63.2 cm³/mol. The van der Waals surface area contributed by atoms with E-state index in [9.17, 15) is 0 Å². The molecule has 0 spiro atoms. The van der Waals surface area contributed by atoms with Gasteiger partial charge in [-0.2, -0.15) is 5.26 Å². The number of rotatable bonds is 4. The summed E-state index contributed by atoms with van der Waals surface area (Å²) in [5.74, 6) is 0.612. The highest BCUT2D eigenvalue weighted by atomic mass is 16.3. The Labute approximate surface area is 95.9 Å². The van der Waals surface area contributed by atoms with Crippen LogP contribution in [0.15, 0.2) is 6.07 Å². The first-order chi connectivity index (χ1) is 7.58. The molecule has 0 saturated carbocycles. The molecule has 1 unspecified atom stereocenters. The van der Waals surface area contributed by atoms with Gasteiger partial charge in [-0.25, -0.2) is 4.98 Å². The van der Waals surface area contributed by atoms with Crippen LogP contribution < -0.4 is 5.32 Å². The number of aliphatic hydroxyl groups is 1. The van der Waals surface area contributed by atoms with Crippen LogP contribution in [0.3, 0.4) is 0 Å². The van der Waals surface area contributed by atoms with Crippen LogP contribution in [-0.2, 0) is 0 Å². The van der Waals surface area contributed by atoms with Crippen LogP contribution in [0.25, 0.3) is 0 Å². The van der Waals surface area contributed by atoms with Crippen LogP contribution in [0.4, 0.5) is 5.82 Å². The fourth-order valence-electron chi connectivity index (χ4n) is 1.58. The third kappa shape index (κ3) is 2.94. The Morgan fingerprint density at radius 3 is 2.81 bits per heavy atom. The summed E-state index contributed by atoms with van der Waals surface area (Å²) in [6.45, 7) is 5.88. The van der Waals surface area contributed by atoms with Crippen LogP contribution in [0.1, 0.15) is 30.2 Å². The zero-order valence-corrected chi connectivity index (χ0v) is 9.91. The maximum absolute atomic E-state index is 9.05. The number of anilines is 1. The smallest absolute Gasteiger partial charge is 0.144 e. The molecule has 2 N–H and O–H groups in total. The maximum Gasteiger partial charge on any atom is 0.144 e. The molecule has 0 fully saturated rings. The molecule has 1 rings (SSSR count). The maximum atomic E-state index is 9.05. The van der Waals surface area contributed by atoms with Crippen molar-refractivity contribution in [1.29, 1.82) is 5.26 Å². The topological polar surface area (TPSA) is 68.9 Å². The molecule has 16 heavy (non-hydrogen) atoms. The minimum absolute atomic E-state index is 0.103. The lowest BCUT2D eigenvalue weighted by Gasteiger charge is -2.15. The van der Waals surface area contributed by atoms with Crippen LogP contribution in [0.5, 0.6) is 0 Å². The van der Waals surface area contributed by atoms with Crippen molar-refractivity contribution in [3.05, 3.63) is 22.9 Å². The Balaban J connectivity index is 2.99. The van der Waals surface area contributed by atoms with Gasteiger partial charge in [-0.3, -0.25) is 0 Å². The molecule has 1 aromatic rings. The minimum atomic E-state index is 0.103. The van der Waals surface area contributed by atoms with E-state index in [1.54, 1.807) is 0 Å². The van der Waals surface area contributed by atoms with Crippen molar-refractivity contribution in [2.24, 2.45) is 0 Å². The summed E-state index contributed by atoms with van der Waals surface area (Å²) in [5.41, 5.74) is 2.39. The Bertz CT molecular complexity index is 409. The Morgan fingerprint density at radius 2 is 2.25 bits per heavy atom. The second-order valence-corrected chi connectivity index (χ2v) is 3.97. The lowest BCUT2D eigenvalue weighted by molar-refractivity contribution is 0.282. The number of hydrogen-bond acceptors (Lipinski definition) is 4. The standard InChI is InChI=1S/C12H17N3O/c1-8-6-10(3)15-12(11(8)7-13)14-9(2)4-5-16/h6,9,16H,4-5H2,1-3H3,(H,14,15). The molecule has 86 valence electrons. The van der Waals surface area contributed by atoms with Gasteiger partial charge in [-0.05, 0) is 38.8 Å². The molecule has 0 amide bonds. The Morgan fingerprint density at radius 1 is 1.56 bits per heavy atom. The molecule has 0 aliphatic rings. The van der Waals surface area contributed by atoms with Crippen molar-refractivity contribution in [2.45, 2.75) is 33.2 Å². The van der Waals surface area contributed by atoms with Gasteiger partial charge in [-0.1, -0.05) is 0 Å². The molecule has 0 radical (unpaired) electrons. The number of aryl methyl sites for hydroxylation is 2. The van der Waals surface area contributed by atoms with E-state index in [2.05, 4.69) is 16.4 Å². The van der Waals surface area contributed by atoms with Gasteiger partial charge in [0.1, 0.15) is 11.9 Å². The largest absolute Gasteiger partial charge is 0.396 e. The molecule has 4 heteroatoms. The summed E-state index contributed by atoms with van der Waals surface area (Å²) in [6.07, 6.45) is 0.638. The van der Waals surface area contributed by atoms with Gasteiger partial charge < -0.3 is 10.4 Å². The van der Waals surface area contributed by atoms with Crippen molar-refractivity contribution in [3.8, 4) is 6.07 Å². The van der Waals surface area contributed by atoms with Gasteiger partial charge in [0.15, 0.2) is 0 Å². The SMILES string of the molecule is Cc1cc(C)c(C#N)c(NC(C)CCO)n1. The summed E-state index contributed by atoms with van der Waals surface area (Å²) in [6, 6.07) is 4.14. The third-order valence-corrected chi connectivity index (χ3v) is 2.40. The van der Waals surface area contributed by atoms with Crippen LogP contribution >= 0.6 is 0 Å². The Kier molecular flexibility index (Phi) is 4.27. The number of nitrogens with zero attached hydrogens (tertiary/aromatic N) is 2. The second-order valence-electron chi connectivity index (χ2n) is 3.97. The van der Waals surface area contributed by atoms with Gasteiger partial charge in [0.05, 0.1) is 5.56 Å². The van der Waals surface area contributed by atoms with Crippen LogP contribution in [0.2, 0.25) is 0 Å². The Hall–Kier alpha value is -1.60. The van der Waals surface area contributed by atoms with Crippen molar-refractivity contribution >= 4 is 5.82 Å². The summed E-state index contributed by atoms with van der Waals surface area (Å²) in [4.78, 5) is 4.31. The van der Waals surface area contributed by atoms with E-state index in [0.29, 0.717) is 17.8 Å². The van der Waals surface area contributed by atoms with Gasteiger partial charge in [0, 0.05) is 18.3 Å². The third-order valence-electron chi connectivity index (χ3n) is 2.40. The van der Waals surface area contributed by atoms with Crippen molar-refractivity contribution in [3.63, 3.8) is 0 Å². The first-order valence-electron chi connectivity index (χ1n) is 5.34. The highest BCUT2D eigenvalue weighted by Crippen LogP contribution is 2.18. The average molecular weight is 219 g/mol. The lowest BCUT2D eigenvalue weighted by atomic mass is 10.1. The molecule has 0 aliphatic carbocycles. The molecule has 0 bridgehead atoms. The second kappa shape index (κ2) is 5.47. The average Bonchev–Trinajstić information content (AvgIpc) is 2.17. The number of hydrogen-bond donors (Lipinski definition) is 2. The number of nitriles is 1. The van der Waals surface area contributed by atoms with Crippen molar-refractivity contribution in [2.75, 3.05) is 11.9 Å². The summed E-state index contributed by atoms with van der Waals surface area (Å²) < 4.78 is 0. The van der Waals surface area contributed by atoms with E-state index in [1.807, 2.05) is 26.8 Å². The first-order valence-corrected chi connectivity index (χ1v) is 5.34. The molecule has 1 aromatic heterocycles. The van der Waals surface area contributed by atoms with Crippen molar-refractivity contribution in [1.82, 2.24) is 4.98 Å². The number of pyridine rings is 1. The van der Waals surface area contributed by atoms with Crippen LogP contribution in [-0.4, -0.2) is 22.7 Å². The highest BCUT2D eigenvalue weighted by Gasteiger charge is 2.10. The van der Waals surface area contributed by atoms with Crippen LogP contribution in [0, 0.1) is 25.2 Å². The normalized spacial score (nSPS) is 11.9. The number of aromatic nitrogens is 1. The number of aliphatic hydroxyl groups excluding tert-OH is 1. The van der Waals surface area contributed by atoms with Gasteiger partial charge in [-0.15, -0.1) is 0 Å². The monoisotopic (exact) mass is 219 g/mol. The van der Waals surface area contributed by atoms with E-state index < -0.39 is 0 Å². The van der Waals surface area contributed by atoms with E-state index >= 15 is 0 Å². The summed E-state index contributed by atoms with van der Waals surface area (Å²) in [5, 5.41) is 21.0.